The number of benzene rings is 7. The molecule has 2 atom stereocenters. The van der Waals surface area contributed by atoms with E-state index in [9.17, 15) is 0 Å². The van der Waals surface area contributed by atoms with E-state index < -0.39 is 0 Å². The second kappa shape index (κ2) is 17.4. The van der Waals surface area contributed by atoms with E-state index in [4.69, 9.17) is 0 Å². The summed E-state index contributed by atoms with van der Waals surface area (Å²) in [6, 6.07) is 60.6. The van der Waals surface area contributed by atoms with Gasteiger partial charge in [-0.15, -0.1) is 0 Å². The Morgan fingerprint density at radius 3 is 1.88 bits per heavy atom. The molecular formula is C54H52N2. The van der Waals surface area contributed by atoms with Gasteiger partial charge >= 0.3 is 0 Å². The molecule has 2 heteroatoms. The number of allylic oxidation sites excluding steroid dienone is 2. The number of aromatic amines is 1. The normalized spacial score (nSPS) is 12.1. The molecule has 0 saturated carbocycles. The van der Waals surface area contributed by atoms with Crippen LogP contribution in [0.3, 0.4) is 0 Å². The molecule has 0 fully saturated rings. The van der Waals surface area contributed by atoms with Gasteiger partial charge in [-0.25, -0.2) is 0 Å². The molecule has 0 saturated heterocycles. The maximum Gasteiger partial charge on any atom is 0.0494 e. The van der Waals surface area contributed by atoms with Crippen molar-refractivity contribution in [2.75, 3.05) is 0 Å². The molecule has 0 bridgehead atoms. The fourth-order valence-electron chi connectivity index (χ4n) is 7.50. The average Bonchev–Trinajstić information content (AvgIpc) is 3.79. The minimum absolute atomic E-state index is 0.402. The molecule has 2 nitrogen and oxygen atoms in total. The van der Waals surface area contributed by atoms with Gasteiger partial charge in [0.25, 0.3) is 0 Å². The quantitative estimate of drug-likeness (QED) is 0.150. The fourth-order valence-corrected chi connectivity index (χ4v) is 7.50. The molecule has 9 aromatic rings. The van der Waals surface area contributed by atoms with Crippen LogP contribution in [0.1, 0.15) is 72.4 Å². The van der Waals surface area contributed by atoms with Crippen LogP contribution >= 0.6 is 0 Å². The lowest BCUT2D eigenvalue weighted by Gasteiger charge is -2.13. The number of aromatic nitrogens is 2. The van der Waals surface area contributed by atoms with Gasteiger partial charge in [0.05, 0.1) is 0 Å². The van der Waals surface area contributed by atoms with Crippen LogP contribution in [0, 0.1) is 6.92 Å². The Hall–Kier alpha value is -6.38. The summed E-state index contributed by atoms with van der Waals surface area (Å²) in [6.45, 7) is 17.4. The standard InChI is InChI=1S/C23H23N.C21H19N.C10H10/c1-3-17(2)19-13-14-23-21(15-19)20-11-7-8-12-22(20)24(23)16-18-9-5-4-6-10-18;1-14-7-9-16(10-8-14)15(2)17-11-12-21-19(13-17)18-5-3-4-6-20(18)22-21;1-3-9(2)10-7-5-4-6-8-10/h4-15,17H,3,16H2,1-2H3;3-13,15,22H,1-2H3;3-8H,1-2H2. The number of rotatable bonds is 8. The van der Waals surface area contributed by atoms with Crippen LogP contribution in [0.15, 0.2) is 189 Å². The molecule has 278 valence electrons. The number of para-hydroxylation sites is 2. The molecule has 0 amide bonds. The lowest BCUT2D eigenvalue weighted by molar-refractivity contribution is 0.734. The van der Waals surface area contributed by atoms with Crippen molar-refractivity contribution in [1.29, 1.82) is 0 Å². The van der Waals surface area contributed by atoms with Crippen molar-refractivity contribution in [3.63, 3.8) is 0 Å². The molecule has 0 aliphatic carbocycles. The number of hydrogen-bond donors (Lipinski definition) is 1. The predicted octanol–water partition coefficient (Wildman–Crippen LogP) is 15.0. The first-order valence-corrected chi connectivity index (χ1v) is 19.8. The minimum atomic E-state index is 0.402. The lowest BCUT2D eigenvalue weighted by atomic mass is 9.91. The zero-order valence-electron chi connectivity index (χ0n) is 33.2. The van der Waals surface area contributed by atoms with E-state index in [1.807, 2.05) is 30.3 Å². The van der Waals surface area contributed by atoms with Crippen molar-refractivity contribution in [2.45, 2.75) is 52.5 Å². The first-order valence-electron chi connectivity index (χ1n) is 19.8. The number of nitrogens with one attached hydrogen (secondary N) is 1. The number of H-pyrrole nitrogens is 1. The number of hydrogen-bond acceptors (Lipinski definition) is 0. The summed E-state index contributed by atoms with van der Waals surface area (Å²) >= 11 is 0. The zero-order chi connectivity index (χ0) is 39.0. The first-order chi connectivity index (χ1) is 27.3. The lowest BCUT2D eigenvalue weighted by Crippen LogP contribution is -1.99. The summed E-state index contributed by atoms with van der Waals surface area (Å²) < 4.78 is 2.44. The van der Waals surface area contributed by atoms with Crippen LogP contribution in [-0.2, 0) is 6.54 Å². The van der Waals surface area contributed by atoms with Gasteiger partial charge in [0.15, 0.2) is 0 Å². The van der Waals surface area contributed by atoms with E-state index in [1.165, 1.54) is 77.8 Å². The maximum atomic E-state index is 3.83. The Balaban J connectivity index is 0.000000139. The van der Waals surface area contributed by atoms with Gasteiger partial charge < -0.3 is 9.55 Å². The highest BCUT2D eigenvalue weighted by Crippen LogP contribution is 2.33. The molecular weight excluding hydrogens is 677 g/mol. The number of fused-ring (bicyclic) bond motifs is 6. The summed E-state index contributed by atoms with van der Waals surface area (Å²) in [4.78, 5) is 3.49. The summed E-state index contributed by atoms with van der Waals surface area (Å²) in [7, 11) is 0. The maximum absolute atomic E-state index is 3.83. The topological polar surface area (TPSA) is 20.7 Å². The largest absolute Gasteiger partial charge is 0.355 e. The monoisotopic (exact) mass is 728 g/mol. The van der Waals surface area contributed by atoms with Gasteiger partial charge in [-0.2, -0.15) is 0 Å². The van der Waals surface area contributed by atoms with Crippen molar-refractivity contribution < 1.29 is 0 Å². The molecule has 9 rings (SSSR count). The molecule has 0 radical (unpaired) electrons. The Labute approximate surface area is 332 Å². The smallest absolute Gasteiger partial charge is 0.0494 e. The van der Waals surface area contributed by atoms with Crippen molar-refractivity contribution in [3.8, 4) is 0 Å². The highest BCUT2D eigenvalue weighted by Gasteiger charge is 2.14. The summed E-state index contributed by atoms with van der Waals surface area (Å²) in [6.07, 6.45) is 2.93. The summed E-state index contributed by atoms with van der Waals surface area (Å²) in [5.74, 6) is 1.00. The first kappa shape index (κ1) is 37.9. The van der Waals surface area contributed by atoms with Gasteiger partial charge in [0.2, 0.25) is 0 Å². The van der Waals surface area contributed by atoms with E-state index in [1.54, 1.807) is 6.08 Å². The highest BCUT2D eigenvalue weighted by atomic mass is 15.0. The Kier molecular flexibility index (Phi) is 11.8. The van der Waals surface area contributed by atoms with Gasteiger partial charge in [-0.1, -0.05) is 179 Å². The zero-order valence-corrected chi connectivity index (χ0v) is 33.2. The van der Waals surface area contributed by atoms with E-state index in [2.05, 4.69) is 190 Å². The Morgan fingerprint density at radius 1 is 0.589 bits per heavy atom. The van der Waals surface area contributed by atoms with E-state index in [0.29, 0.717) is 11.8 Å². The SMILES string of the molecule is C=CC(=C)c1ccccc1.CCC(C)c1ccc2c(c1)c1ccccc1n2Cc1ccccc1.Cc1ccc(C(C)c2ccc3[nH]c4ccccc4c3c2)cc1. The number of nitrogens with zero attached hydrogens (tertiary/aromatic N) is 1. The second-order valence-electron chi connectivity index (χ2n) is 14.9. The molecule has 0 aliphatic heterocycles. The molecule has 0 aliphatic rings. The van der Waals surface area contributed by atoms with Crippen LogP contribution in [0.5, 0.6) is 0 Å². The summed E-state index contributed by atoms with van der Waals surface area (Å²) in [5.41, 5.74) is 14.0. The molecule has 56 heavy (non-hydrogen) atoms. The van der Waals surface area contributed by atoms with Crippen LogP contribution < -0.4 is 0 Å². The van der Waals surface area contributed by atoms with E-state index in [0.717, 1.165) is 17.7 Å². The molecule has 2 heterocycles. The average molecular weight is 729 g/mol. The molecule has 0 spiro atoms. The highest BCUT2D eigenvalue weighted by molar-refractivity contribution is 6.09. The fraction of sp³-hybridized carbons (Fsp3) is 0.148. The second-order valence-corrected chi connectivity index (χ2v) is 14.9. The molecule has 1 N–H and O–H groups in total. The molecule has 2 unspecified atom stereocenters. The third-order valence-electron chi connectivity index (χ3n) is 11.2. The minimum Gasteiger partial charge on any atom is -0.355 e. The van der Waals surface area contributed by atoms with Gasteiger partial charge in [-0.05, 0) is 89.1 Å². The van der Waals surface area contributed by atoms with Crippen LogP contribution in [0.2, 0.25) is 0 Å². The van der Waals surface area contributed by atoms with Crippen molar-refractivity contribution in [3.05, 3.63) is 222 Å². The van der Waals surface area contributed by atoms with E-state index >= 15 is 0 Å². The Morgan fingerprint density at radius 2 is 1.16 bits per heavy atom. The Bertz CT molecular complexity index is 2710. The predicted molar refractivity (Wildman–Crippen MR) is 244 cm³/mol. The number of aryl methyl sites for hydroxylation is 1. The van der Waals surface area contributed by atoms with Gasteiger partial charge in [0, 0.05) is 56.1 Å². The van der Waals surface area contributed by atoms with Crippen LogP contribution in [0.25, 0.3) is 49.2 Å². The molecule has 2 aromatic heterocycles. The van der Waals surface area contributed by atoms with Gasteiger partial charge in [0.1, 0.15) is 0 Å². The van der Waals surface area contributed by atoms with Crippen LogP contribution in [-0.4, -0.2) is 9.55 Å². The third-order valence-corrected chi connectivity index (χ3v) is 11.2. The van der Waals surface area contributed by atoms with Crippen molar-refractivity contribution in [2.24, 2.45) is 0 Å². The van der Waals surface area contributed by atoms with E-state index in [-0.39, 0.29) is 0 Å². The summed E-state index contributed by atoms with van der Waals surface area (Å²) in [5, 5.41) is 5.34. The third kappa shape index (κ3) is 8.31. The van der Waals surface area contributed by atoms with Crippen LogP contribution in [0.4, 0.5) is 0 Å². The van der Waals surface area contributed by atoms with Gasteiger partial charge in [-0.3, -0.25) is 0 Å². The van der Waals surface area contributed by atoms with Crippen molar-refractivity contribution >= 4 is 49.2 Å². The van der Waals surface area contributed by atoms with Crippen molar-refractivity contribution in [1.82, 2.24) is 9.55 Å². The molecule has 7 aromatic carbocycles.